The normalized spacial score (nSPS) is 11.9. The van der Waals surface area contributed by atoms with E-state index in [1.165, 1.54) is 0 Å². The molecule has 1 atom stereocenters. The minimum absolute atomic E-state index is 0.196. The molecule has 1 N–H and O–H groups in total. The molecule has 0 aromatic heterocycles. The van der Waals surface area contributed by atoms with Gasteiger partial charge in [-0.15, -0.1) is 0 Å². The van der Waals surface area contributed by atoms with Crippen LogP contribution in [0.15, 0.2) is 24.3 Å². The van der Waals surface area contributed by atoms with E-state index in [4.69, 9.17) is 9.84 Å². The Labute approximate surface area is 119 Å². The number of carboxylic acids is 1. The highest BCUT2D eigenvalue weighted by atomic mass is 16.5. The molecule has 0 heterocycles. The molecule has 0 aliphatic heterocycles. The van der Waals surface area contributed by atoms with E-state index >= 15 is 0 Å². The van der Waals surface area contributed by atoms with Crippen molar-refractivity contribution in [1.82, 2.24) is 0 Å². The smallest absolute Gasteiger partial charge is 0.309 e. The first kappa shape index (κ1) is 16.2. The van der Waals surface area contributed by atoms with E-state index < -0.39 is 17.9 Å². The van der Waals surface area contributed by atoms with Gasteiger partial charge in [-0.3, -0.25) is 9.59 Å². The van der Waals surface area contributed by atoms with Crippen LogP contribution in [0, 0.1) is 12.8 Å². The van der Waals surface area contributed by atoms with Crippen molar-refractivity contribution >= 4 is 11.9 Å². The van der Waals surface area contributed by atoms with Crippen molar-refractivity contribution in [3.63, 3.8) is 0 Å². The van der Waals surface area contributed by atoms with Gasteiger partial charge in [0.2, 0.25) is 0 Å². The molecule has 1 rings (SSSR count). The van der Waals surface area contributed by atoms with Gasteiger partial charge in [0.1, 0.15) is 0 Å². The maximum Gasteiger partial charge on any atom is 0.309 e. The van der Waals surface area contributed by atoms with E-state index in [0.717, 1.165) is 24.0 Å². The van der Waals surface area contributed by atoms with E-state index in [1.807, 2.05) is 38.1 Å². The topological polar surface area (TPSA) is 63.6 Å². The van der Waals surface area contributed by atoms with Gasteiger partial charge < -0.3 is 9.84 Å². The lowest BCUT2D eigenvalue weighted by Crippen LogP contribution is -2.23. The quantitative estimate of drug-likeness (QED) is 0.586. The number of carboxylic acid groups (broad SMARTS) is 1. The van der Waals surface area contributed by atoms with Gasteiger partial charge in [0.05, 0.1) is 18.9 Å². The lowest BCUT2D eigenvalue weighted by molar-refractivity contribution is -0.153. The molecular formula is C16H22O4. The monoisotopic (exact) mass is 278 g/mol. The van der Waals surface area contributed by atoms with Crippen molar-refractivity contribution in [3.8, 4) is 0 Å². The summed E-state index contributed by atoms with van der Waals surface area (Å²) in [6.07, 6.45) is 1.95. The fourth-order valence-corrected chi connectivity index (χ4v) is 1.89. The highest BCUT2D eigenvalue weighted by Crippen LogP contribution is 2.15. The summed E-state index contributed by atoms with van der Waals surface area (Å²) in [4.78, 5) is 22.8. The Hall–Kier alpha value is -1.84. The maximum atomic E-state index is 11.9. The van der Waals surface area contributed by atoms with Gasteiger partial charge in [-0.1, -0.05) is 43.2 Å². The molecule has 1 aromatic carbocycles. The van der Waals surface area contributed by atoms with Crippen molar-refractivity contribution in [3.05, 3.63) is 35.4 Å². The van der Waals surface area contributed by atoms with Crippen molar-refractivity contribution in [2.75, 3.05) is 6.61 Å². The van der Waals surface area contributed by atoms with Gasteiger partial charge in [-0.2, -0.15) is 0 Å². The van der Waals surface area contributed by atoms with Gasteiger partial charge in [0.25, 0.3) is 0 Å². The molecule has 110 valence electrons. The first-order chi connectivity index (χ1) is 9.52. The Morgan fingerprint density at radius 2 is 1.90 bits per heavy atom. The Bertz CT molecular complexity index is 436. The summed E-state index contributed by atoms with van der Waals surface area (Å²) in [5.74, 6) is -2.01. The van der Waals surface area contributed by atoms with Gasteiger partial charge in [-0.25, -0.2) is 0 Å². The fourth-order valence-electron chi connectivity index (χ4n) is 1.89. The molecular weight excluding hydrogens is 256 g/mol. The molecule has 0 fully saturated rings. The largest absolute Gasteiger partial charge is 0.481 e. The Morgan fingerprint density at radius 1 is 1.25 bits per heavy atom. The van der Waals surface area contributed by atoms with Crippen LogP contribution in [0.3, 0.4) is 0 Å². The van der Waals surface area contributed by atoms with Crippen LogP contribution in [0.1, 0.15) is 37.3 Å². The molecule has 1 aromatic rings. The SMILES string of the molecule is CCCCOC(=O)C(CC(=O)O)Cc1ccc(C)cc1. The number of ether oxygens (including phenoxy) is 1. The number of unbranched alkanes of at least 4 members (excludes halogenated alkanes) is 1. The molecule has 0 saturated carbocycles. The summed E-state index contributed by atoms with van der Waals surface area (Å²) in [6.45, 7) is 4.35. The zero-order valence-electron chi connectivity index (χ0n) is 12.1. The summed E-state index contributed by atoms with van der Waals surface area (Å²) in [6, 6.07) is 7.75. The summed E-state index contributed by atoms with van der Waals surface area (Å²) >= 11 is 0. The van der Waals surface area contributed by atoms with Crippen LogP contribution in [0.25, 0.3) is 0 Å². The van der Waals surface area contributed by atoms with Gasteiger partial charge in [-0.05, 0) is 25.3 Å². The Balaban J connectivity index is 2.65. The molecule has 0 amide bonds. The molecule has 0 aliphatic carbocycles. The predicted molar refractivity (Wildman–Crippen MR) is 76.5 cm³/mol. The minimum Gasteiger partial charge on any atom is -0.481 e. The van der Waals surface area contributed by atoms with Crippen LogP contribution >= 0.6 is 0 Å². The average molecular weight is 278 g/mol. The molecule has 0 saturated heterocycles. The summed E-state index contributed by atoms with van der Waals surface area (Å²) in [5.41, 5.74) is 2.09. The molecule has 0 spiro atoms. The van der Waals surface area contributed by atoms with E-state index in [9.17, 15) is 9.59 Å². The number of carbonyl (C=O) groups excluding carboxylic acids is 1. The number of esters is 1. The number of rotatable bonds is 8. The second-order valence-corrected chi connectivity index (χ2v) is 5.01. The first-order valence-corrected chi connectivity index (χ1v) is 6.97. The first-order valence-electron chi connectivity index (χ1n) is 6.97. The van der Waals surface area contributed by atoms with Crippen molar-refractivity contribution in [1.29, 1.82) is 0 Å². The van der Waals surface area contributed by atoms with Gasteiger partial charge in [0.15, 0.2) is 0 Å². The van der Waals surface area contributed by atoms with Gasteiger partial charge >= 0.3 is 11.9 Å². The highest BCUT2D eigenvalue weighted by molar-refractivity contribution is 5.79. The number of hydrogen-bond acceptors (Lipinski definition) is 3. The van der Waals surface area contributed by atoms with Crippen molar-refractivity contribution < 1.29 is 19.4 Å². The third-order valence-electron chi connectivity index (χ3n) is 3.10. The third kappa shape index (κ3) is 5.87. The molecule has 4 heteroatoms. The molecule has 4 nitrogen and oxygen atoms in total. The van der Waals surface area contributed by atoms with E-state index in [-0.39, 0.29) is 6.42 Å². The third-order valence-corrected chi connectivity index (χ3v) is 3.10. The van der Waals surface area contributed by atoms with Crippen LogP contribution in [0.5, 0.6) is 0 Å². The molecule has 20 heavy (non-hydrogen) atoms. The number of carbonyl (C=O) groups is 2. The minimum atomic E-state index is -0.977. The van der Waals surface area contributed by atoms with Crippen LogP contribution in [0.4, 0.5) is 0 Å². The van der Waals surface area contributed by atoms with E-state index in [0.29, 0.717) is 13.0 Å². The standard InChI is InChI=1S/C16H22O4/c1-3-4-9-20-16(19)14(11-15(17)18)10-13-7-5-12(2)6-8-13/h5-8,14H,3-4,9-11H2,1-2H3,(H,17,18). The molecule has 0 bridgehead atoms. The maximum absolute atomic E-state index is 11.9. The summed E-state index contributed by atoms with van der Waals surface area (Å²) in [5, 5.41) is 8.92. The Kier molecular flexibility index (Phi) is 6.77. The fraction of sp³-hybridized carbons (Fsp3) is 0.500. The average Bonchev–Trinajstić information content (AvgIpc) is 2.40. The highest BCUT2D eigenvalue weighted by Gasteiger charge is 2.23. The molecule has 0 radical (unpaired) electrons. The number of hydrogen-bond donors (Lipinski definition) is 1. The van der Waals surface area contributed by atoms with Crippen LogP contribution in [0.2, 0.25) is 0 Å². The zero-order chi connectivity index (χ0) is 15.0. The van der Waals surface area contributed by atoms with Crippen LogP contribution in [-0.4, -0.2) is 23.7 Å². The lowest BCUT2D eigenvalue weighted by Gasteiger charge is -2.14. The predicted octanol–water partition coefficient (Wildman–Crippen LogP) is 2.97. The number of benzene rings is 1. The lowest BCUT2D eigenvalue weighted by atomic mass is 9.96. The molecule has 0 aliphatic rings. The van der Waals surface area contributed by atoms with Crippen molar-refractivity contribution in [2.24, 2.45) is 5.92 Å². The van der Waals surface area contributed by atoms with Crippen LogP contribution in [-0.2, 0) is 20.7 Å². The number of aryl methyl sites for hydroxylation is 1. The summed E-state index contributed by atoms with van der Waals surface area (Å²) in [7, 11) is 0. The Morgan fingerprint density at radius 3 is 2.45 bits per heavy atom. The zero-order valence-corrected chi connectivity index (χ0v) is 12.1. The second kappa shape index (κ2) is 8.35. The molecule has 1 unspecified atom stereocenters. The van der Waals surface area contributed by atoms with E-state index in [1.54, 1.807) is 0 Å². The summed E-state index contributed by atoms with van der Waals surface area (Å²) < 4.78 is 5.14. The number of aliphatic carboxylic acids is 1. The van der Waals surface area contributed by atoms with Crippen LogP contribution < -0.4 is 0 Å². The van der Waals surface area contributed by atoms with E-state index in [2.05, 4.69) is 0 Å². The second-order valence-electron chi connectivity index (χ2n) is 5.01. The van der Waals surface area contributed by atoms with Crippen molar-refractivity contribution in [2.45, 2.75) is 39.5 Å². The van der Waals surface area contributed by atoms with Gasteiger partial charge in [0, 0.05) is 0 Å².